The van der Waals surface area contributed by atoms with Crippen molar-refractivity contribution in [3.05, 3.63) is 0 Å². The monoisotopic (exact) mass is 692 g/mol. The van der Waals surface area contributed by atoms with E-state index in [1.807, 2.05) is 0 Å². The molecule has 0 aliphatic carbocycles. The van der Waals surface area contributed by atoms with Crippen molar-refractivity contribution in [2.75, 3.05) is 26.4 Å². The van der Waals surface area contributed by atoms with Crippen LogP contribution in [0, 0.1) is 5.92 Å². The van der Waals surface area contributed by atoms with Crippen molar-refractivity contribution in [1.82, 2.24) is 0 Å². The van der Waals surface area contributed by atoms with Gasteiger partial charge in [-0.25, -0.2) is 0 Å². The molecule has 4 saturated heterocycles. The molecule has 0 aromatic carbocycles. The minimum atomic E-state index is -1.92. The van der Waals surface area contributed by atoms with E-state index in [4.69, 9.17) is 33.2 Å². The molecule has 13 N–H and O–H groups in total. The van der Waals surface area contributed by atoms with Gasteiger partial charge >= 0.3 is 0 Å². The number of rotatable bonds is 11. The van der Waals surface area contributed by atoms with Gasteiger partial charge in [0.2, 0.25) is 0 Å². The summed E-state index contributed by atoms with van der Waals surface area (Å²) >= 11 is 0. The second kappa shape index (κ2) is 16.5. The molecule has 0 spiro atoms. The number of hydrogen-bond donors (Lipinski definition) is 13. The van der Waals surface area contributed by atoms with Crippen molar-refractivity contribution in [1.29, 1.82) is 0 Å². The molecule has 0 aromatic heterocycles. The van der Waals surface area contributed by atoms with E-state index in [1.165, 1.54) is 0 Å². The number of aliphatic hydroxyl groups excluding tert-OH is 13. The first-order chi connectivity index (χ1) is 22.2. The second-order valence-corrected chi connectivity index (χ2v) is 12.5. The molecule has 4 aliphatic heterocycles. The Balaban J connectivity index is 1.62. The maximum Gasteiger partial charge on any atom is 0.187 e. The highest BCUT2D eigenvalue weighted by Gasteiger charge is 2.55. The molecule has 20 nitrogen and oxygen atoms in total. The van der Waals surface area contributed by atoms with E-state index in [1.54, 1.807) is 13.8 Å². The molecule has 0 saturated carbocycles. The maximum atomic E-state index is 11.6. The standard InChI is InChI=1S/C27H48O20/c1-7(2)22-24(47-27-21(40)18(37)14(33)10(5-30)45-27)23(46-26-20(39)17(36)13(32)9(4-29)44-26)15(34)11(42-22)6-41-25-19(38)16(35)12(31)8(3-28)43-25/h7-40H,3-6H2,1-2H3/t8-,9-,10-,11-,12-,13-,14-,15-,16+,17+,18+,19-,20-,21-,22?,23+,24+,25-,26+,27+/m1/s1. The molecule has 20 atom stereocenters. The van der Waals surface area contributed by atoms with Crippen LogP contribution in [-0.4, -0.2) is 215 Å². The Kier molecular flexibility index (Phi) is 13.7. The lowest BCUT2D eigenvalue weighted by Crippen LogP contribution is -2.67. The third kappa shape index (κ3) is 8.08. The van der Waals surface area contributed by atoms with Gasteiger partial charge in [0.15, 0.2) is 18.9 Å². The van der Waals surface area contributed by atoms with E-state index < -0.39 is 155 Å². The Labute approximate surface area is 268 Å². The molecule has 4 rings (SSSR count). The van der Waals surface area contributed by atoms with Crippen LogP contribution in [0.5, 0.6) is 0 Å². The second-order valence-electron chi connectivity index (χ2n) is 12.5. The molecule has 0 bridgehead atoms. The zero-order valence-electron chi connectivity index (χ0n) is 25.6. The first-order valence-electron chi connectivity index (χ1n) is 15.3. The molecule has 0 aromatic rings. The normalized spacial score (nSPS) is 51.3. The average molecular weight is 693 g/mol. The lowest BCUT2D eigenvalue weighted by atomic mass is 9.88. The summed E-state index contributed by atoms with van der Waals surface area (Å²) in [6.45, 7) is 0.475. The van der Waals surface area contributed by atoms with Gasteiger partial charge in [0, 0.05) is 0 Å². The minimum Gasteiger partial charge on any atom is -0.394 e. The summed E-state index contributed by atoms with van der Waals surface area (Å²) in [6, 6.07) is 0. The van der Waals surface area contributed by atoms with Gasteiger partial charge in [-0.05, 0) is 5.92 Å². The summed E-state index contributed by atoms with van der Waals surface area (Å²) in [5.41, 5.74) is 0. The van der Waals surface area contributed by atoms with Gasteiger partial charge in [0.25, 0.3) is 0 Å². The Morgan fingerprint density at radius 2 is 0.830 bits per heavy atom. The van der Waals surface area contributed by atoms with Crippen molar-refractivity contribution in [2.45, 2.75) is 136 Å². The van der Waals surface area contributed by atoms with Crippen LogP contribution in [0.3, 0.4) is 0 Å². The Morgan fingerprint density at radius 1 is 0.447 bits per heavy atom. The summed E-state index contributed by atoms with van der Waals surface area (Å²) in [5.74, 6) is -0.493. The van der Waals surface area contributed by atoms with Gasteiger partial charge in [-0.2, -0.15) is 0 Å². The van der Waals surface area contributed by atoms with E-state index in [0.717, 1.165) is 0 Å². The van der Waals surface area contributed by atoms with Crippen LogP contribution in [-0.2, 0) is 33.2 Å². The zero-order chi connectivity index (χ0) is 34.9. The molecule has 0 radical (unpaired) electrons. The molecule has 47 heavy (non-hydrogen) atoms. The highest BCUT2D eigenvalue weighted by molar-refractivity contribution is 4.99. The smallest absolute Gasteiger partial charge is 0.187 e. The quantitative estimate of drug-likeness (QED) is 0.0956. The fourth-order valence-corrected chi connectivity index (χ4v) is 6.00. The van der Waals surface area contributed by atoms with Crippen molar-refractivity contribution >= 4 is 0 Å². The Morgan fingerprint density at radius 3 is 1.23 bits per heavy atom. The first kappa shape index (κ1) is 39.0. The van der Waals surface area contributed by atoms with E-state index in [2.05, 4.69) is 0 Å². The van der Waals surface area contributed by atoms with Crippen LogP contribution < -0.4 is 0 Å². The maximum absolute atomic E-state index is 11.6. The molecule has 4 aliphatic rings. The van der Waals surface area contributed by atoms with Crippen LogP contribution >= 0.6 is 0 Å². The molecule has 276 valence electrons. The SMILES string of the molecule is CC(C)C1O[C@H](CO[C@@H]2O[C@H](CO)[C@@H](O)[C@H](O)[C@H]2O)[C@@H](O)[C@H](O[C@@H]2O[C@H](CO)[C@@H](O)[C@H](O)[C@H]2O)[C@H]1O[C@@H]1O[C@H](CO)[C@@H](O)[C@H](O)[C@H]1O. The Bertz CT molecular complexity index is 957. The van der Waals surface area contributed by atoms with Crippen molar-refractivity contribution in [2.24, 2.45) is 5.92 Å². The Hall–Kier alpha value is -0.800. The lowest BCUT2D eigenvalue weighted by molar-refractivity contribution is -0.376. The van der Waals surface area contributed by atoms with Gasteiger partial charge in [0.1, 0.15) is 97.7 Å². The zero-order valence-corrected chi connectivity index (χ0v) is 25.6. The van der Waals surface area contributed by atoms with E-state index in [0.29, 0.717) is 0 Å². The predicted molar refractivity (Wildman–Crippen MR) is 147 cm³/mol. The fourth-order valence-electron chi connectivity index (χ4n) is 6.00. The van der Waals surface area contributed by atoms with E-state index in [9.17, 15) is 66.4 Å². The summed E-state index contributed by atoms with van der Waals surface area (Å²) < 4.78 is 39.9. The van der Waals surface area contributed by atoms with Gasteiger partial charge < -0.3 is 99.5 Å². The number of aliphatic hydroxyl groups is 13. The summed E-state index contributed by atoms with van der Waals surface area (Å²) in [6.07, 6.45) is -32.7. The minimum absolute atomic E-state index is 0.493. The lowest BCUT2D eigenvalue weighted by Gasteiger charge is -2.50. The van der Waals surface area contributed by atoms with Crippen molar-refractivity contribution in [3.8, 4) is 0 Å². The molecule has 20 heteroatoms. The van der Waals surface area contributed by atoms with Crippen molar-refractivity contribution < 1.29 is 99.5 Å². The highest BCUT2D eigenvalue weighted by atomic mass is 16.8. The largest absolute Gasteiger partial charge is 0.394 e. The molecular formula is C27H48O20. The van der Waals surface area contributed by atoms with Gasteiger partial charge in [-0.3, -0.25) is 0 Å². The molecular weight excluding hydrogens is 644 g/mol. The molecule has 4 fully saturated rings. The predicted octanol–water partition coefficient (Wildman–Crippen LogP) is -8.04. The van der Waals surface area contributed by atoms with Gasteiger partial charge in [0.05, 0.1) is 32.5 Å². The molecule has 4 heterocycles. The summed E-state index contributed by atoms with van der Waals surface area (Å²) in [5, 5.41) is 133. The van der Waals surface area contributed by atoms with Crippen molar-refractivity contribution in [3.63, 3.8) is 0 Å². The average Bonchev–Trinajstić information content (AvgIpc) is 3.05. The number of ether oxygens (including phenoxy) is 7. The van der Waals surface area contributed by atoms with Crippen LogP contribution in [0.25, 0.3) is 0 Å². The molecule has 1 unspecified atom stereocenters. The first-order valence-corrected chi connectivity index (χ1v) is 15.3. The van der Waals surface area contributed by atoms with E-state index >= 15 is 0 Å². The topological polar surface area (TPSA) is 328 Å². The van der Waals surface area contributed by atoms with Crippen LogP contribution in [0.2, 0.25) is 0 Å². The highest BCUT2D eigenvalue weighted by Crippen LogP contribution is 2.36. The van der Waals surface area contributed by atoms with Crippen LogP contribution in [0.1, 0.15) is 13.8 Å². The van der Waals surface area contributed by atoms with Gasteiger partial charge in [-0.15, -0.1) is 0 Å². The summed E-state index contributed by atoms with van der Waals surface area (Å²) in [4.78, 5) is 0. The molecule has 0 amide bonds. The number of hydrogen-bond acceptors (Lipinski definition) is 20. The third-order valence-electron chi connectivity index (χ3n) is 8.91. The van der Waals surface area contributed by atoms with E-state index in [-0.39, 0.29) is 0 Å². The van der Waals surface area contributed by atoms with Gasteiger partial charge in [-0.1, -0.05) is 13.8 Å². The fraction of sp³-hybridized carbons (Fsp3) is 1.00. The summed E-state index contributed by atoms with van der Waals surface area (Å²) in [7, 11) is 0. The third-order valence-corrected chi connectivity index (χ3v) is 8.91. The van der Waals surface area contributed by atoms with Crippen LogP contribution in [0.4, 0.5) is 0 Å². The van der Waals surface area contributed by atoms with Crippen LogP contribution in [0.15, 0.2) is 0 Å².